The molecule has 0 radical (unpaired) electrons. The average molecular weight is 280 g/mol. The zero-order valence-electron chi connectivity index (χ0n) is 12.5. The number of fused-ring (bicyclic) bond motifs is 5. The van der Waals surface area contributed by atoms with Crippen LogP contribution >= 0.6 is 0 Å². The molecule has 0 aromatic heterocycles. The van der Waals surface area contributed by atoms with Crippen molar-refractivity contribution in [2.75, 3.05) is 0 Å². The quantitative estimate of drug-likeness (QED) is 0.628. The van der Waals surface area contributed by atoms with Crippen LogP contribution < -0.4 is 4.98 Å². The summed E-state index contributed by atoms with van der Waals surface area (Å²) in [6.07, 6.45) is 1.39. The van der Waals surface area contributed by atoms with Gasteiger partial charge in [0.1, 0.15) is 5.76 Å². The summed E-state index contributed by atoms with van der Waals surface area (Å²) in [6.45, 7) is 6.21. The molecule has 1 aromatic rings. The molecular weight excluding hydrogens is 262 g/mol. The lowest BCUT2D eigenvalue weighted by molar-refractivity contribution is -0.329. The second-order valence-corrected chi connectivity index (χ2v) is 6.82. The number of Topliss-reactive ketones (excluding diaryl/α,β-unsaturated/α-hetero) is 1. The van der Waals surface area contributed by atoms with E-state index in [2.05, 4.69) is 24.9 Å². The lowest BCUT2D eigenvalue weighted by atomic mass is 9.74. The SMILES string of the molecule is Cc1oc2c(c3c4ccccc4[nH+]c1-3)C(=O)CC(C)(C)C2. The number of aromatic nitrogens is 1. The lowest BCUT2D eigenvalue weighted by Gasteiger charge is -2.29. The highest BCUT2D eigenvalue weighted by atomic mass is 16.3. The van der Waals surface area contributed by atoms with Crippen LogP contribution in [0, 0.1) is 12.3 Å². The first-order chi connectivity index (χ1) is 9.96. The Kier molecular flexibility index (Phi) is 2.36. The Morgan fingerprint density at radius 3 is 2.71 bits per heavy atom. The van der Waals surface area contributed by atoms with E-state index in [0.717, 1.165) is 45.7 Å². The first-order valence-electron chi connectivity index (χ1n) is 7.35. The van der Waals surface area contributed by atoms with Gasteiger partial charge in [0.25, 0.3) is 5.69 Å². The van der Waals surface area contributed by atoms with Crippen LogP contribution in [-0.2, 0) is 6.42 Å². The van der Waals surface area contributed by atoms with Crippen molar-refractivity contribution in [3.05, 3.63) is 41.3 Å². The third-order valence-electron chi connectivity index (χ3n) is 4.42. The fourth-order valence-corrected chi connectivity index (χ4v) is 3.53. The van der Waals surface area contributed by atoms with Crippen molar-refractivity contribution < 1.29 is 14.2 Å². The molecule has 0 spiro atoms. The Morgan fingerprint density at radius 1 is 1.14 bits per heavy atom. The monoisotopic (exact) mass is 280 g/mol. The summed E-state index contributed by atoms with van der Waals surface area (Å²) in [5, 5.41) is 1.11. The first kappa shape index (κ1) is 12.6. The van der Waals surface area contributed by atoms with E-state index < -0.39 is 0 Å². The molecule has 1 aromatic carbocycles. The molecule has 0 bridgehead atoms. The number of carbonyl (C=O) groups is 1. The molecule has 0 saturated heterocycles. The molecule has 0 amide bonds. The number of aromatic amines is 1. The molecule has 1 aliphatic carbocycles. The Hall–Kier alpha value is -2.16. The van der Waals surface area contributed by atoms with Crippen molar-refractivity contribution >= 4 is 16.7 Å². The summed E-state index contributed by atoms with van der Waals surface area (Å²) in [5.74, 6) is 1.89. The number of nitrogens with one attached hydrogen (secondary N) is 1. The van der Waals surface area contributed by atoms with E-state index in [9.17, 15) is 4.79 Å². The van der Waals surface area contributed by atoms with Gasteiger partial charge < -0.3 is 4.42 Å². The minimum Gasteiger partial charge on any atom is -0.459 e. The van der Waals surface area contributed by atoms with Gasteiger partial charge in [-0.05, 0) is 11.5 Å². The Labute approximate surface area is 123 Å². The molecule has 4 rings (SSSR count). The van der Waals surface area contributed by atoms with Gasteiger partial charge in [-0.25, -0.2) is 4.98 Å². The van der Waals surface area contributed by atoms with E-state index in [4.69, 9.17) is 4.42 Å². The number of H-pyrrole nitrogens is 1. The highest BCUT2D eigenvalue weighted by molar-refractivity contribution is 6.10. The topological polar surface area (TPSA) is 44.4 Å². The van der Waals surface area contributed by atoms with Gasteiger partial charge in [0, 0.05) is 25.8 Å². The standard InChI is InChI=1S/C18H17NO2/c1-10-17-15(11-6-4-5-7-12(11)19-17)16-13(20)8-18(2,3)9-14(16)21-10/h4-7H,8-9H2,1-3H3/p+1. The fourth-order valence-electron chi connectivity index (χ4n) is 3.53. The maximum absolute atomic E-state index is 12.7. The number of para-hydroxylation sites is 1. The van der Waals surface area contributed by atoms with Crippen LogP contribution in [-0.4, -0.2) is 5.78 Å². The van der Waals surface area contributed by atoms with Gasteiger partial charge in [-0.1, -0.05) is 26.0 Å². The number of ketones is 1. The normalized spacial score (nSPS) is 17.4. The van der Waals surface area contributed by atoms with Crippen LogP contribution in [0.5, 0.6) is 0 Å². The van der Waals surface area contributed by atoms with Crippen LogP contribution in [0.25, 0.3) is 22.2 Å². The van der Waals surface area contributed by atoms with Gasteiger partial charge >= 0.3 is 0 Å². The third-order valence-corrected chi connectivity index (χ3v) is 4.42. The number of rotatable bonds is 0. The smallest absolute Gasteiger partial charge is 0.251 e. The molecule has 3 heteroatoms. The van der Waals surface area contributed by atoms with E-state index in [-0.39, 0.29) is 11.2 Å². The first-order valence-corrected chi connectivity index (χ1v) is 7.35. The fraction of sp³-hybridized carbons (Fsp3) is 0.333. The van der Waals surface area contributed by atoms with Crippen LogP contribution in [0.1, 0.15) is 42.1 Å². The van der Waals surface area contributed by atoms with E-state index in [1.807, 2.05) is 25.1 Å². The minimum absolute atomic E-state index is 0.0280. The van der Waals surface area contributed by atoms with Crippen molar-refractivity contribution in [3.8, 4) is 11.3 Å². The van der Waals surface area contributed by atoms with E-state index in [1.54, 1.807) is 0 Å². The highest BCUT2D eigenvalue weighted by Gasteiger charge is 2.39. The minimum atomic E-state index is -0.0280. The molecule has 0 atom stereocenters. The average Bonchev–Trinajstić information content (AvgIpc) is 2.77. The molecule has 3 aliphatic rings. The van der Waals surface area contributed by atoms with Crippen LogP contribution in [0.15, 0.2) is 28.7 Å². The molecule has 106 valence electrons. The number of carbonyl (C=O) groups excluding carboxylic acids is 1. The van der Waals surface area contributed by atoms with Crippen LogP contribution in [0.3, 0.4) is 0 Å². The molecule has 1 N–H and O–H groups in total. The molecule has 0 saturated carbocycles. The summed E-state index contributed by atoms with van der Waals surface area (Å²) in [4.78, 5) is 16.1. The molecule has 3 nitrogen and oxygen atoms in total. The van der Waals surface area contributed by atoms with Gasteiger partial charge in [-0.15, -0.1) is 0 Å². The molecule has 21 heavy (non-hydrogen) atoms. The zero-order valence-corrected chi connectivity index (χ0v) is 12.5. The van der Waals surface area contributed by atoms with Crippen molar-refractivity contribution in [2.24, 2.45) is 5.41 Å². The van der Waals surface area contributed by atoms with E-state index in [0.29, 0.717) is 6.42 Å². The molecule has 2 aliphatic heterocycles. The number of aryl methyl sites for hydroxylation is 1. The predicted molar refractivity (Wildman–Crippen MR) is 80.6 cm³/mol. The van der Waals surface area contributed by atoms with Gasteiger partial charge in [0.15, 0.2) is 11.5 Å². The van der Waals surface area contributed by atoms with Crippen molar-refractivity contribution in [1.82, 2.24) is 0 Å². The third kappa shape index (κ3) is 1.73. The van der Waals surface area contributed by atoms with Gasteiger partial charge in [-0.3, -0.25) is 4.79 Å². The predicted octanol–water partition coefficient (Wildman–Crippen LogP) is 3.82. The van der Waals surface area contributed by atoms with Crippen molar-refractivity contribution in [1.29, 1.82) is 0 Å². The Morgan fingerprint density at radius 2 is 1.90 bits per heavy atom. The van der Waals surface area contributed by atoms with Crippen LogP contribution in [0.4, 0.5) is 0 Å². The largest absolute Gasteiger partial charge is 0.459 e. The summed E-state index contributed by atoms with van der Waals surface area (Å²) >= 11 is 0. The highest BCUT2D eigenvalue weighted by Crippen LogP contribution is 2.43. The second kappa shape index (κ2) is 3.94. The van der Waals surface area contributed by atoms with Crippen molar-refractivity contribution in [2.45, 2.75) is 33.6 Å². The van der Waals surface area contributed by atoms with Gasteiger partial charge in [-0.2, -0.15) is 0 Å². The maximum Gasteiger partial charge on any atom is 0.251 e. The summed E-state index contributed by atoms with van der Waals surface area (Å²) in [7, 11) is 0. The summed E-state index contributed by atoms with van der Waals surface area (Å²) < 4.78 is 6.00. The molecule has 2 heterocycles. The van der Waals surface area contributed by atoms with E-state index in [1.165, 1.54) is 0 Å². The van der Waals surface area contributed by atoms with E-state index >= 15 is 0 Å². The molecule has 0 unspecified atom stereocenters. The maximum atomic E-state index is 12.7. The number of hydrogen-bond donors (Lipinski definition) is 0. The van der Waals surface area contributed by atoms with Crippen molar-refractivity contribution in [3.63, 3.8) is 0 Å². The molecule has 0 fully saturated rings. The Balaban J connectivity index is 2.15. The Bertz CT molecular complexity index is 857. The zero-order chi connectivity index (χ0) is 14.8. The van der Waals surface area contributed by atoms with Crippen LogP contribution in [0.2, 0.25) is 0 Å². The van der Waals surface area contributed by atoms with Gasteiger partial charge in [0.2, 0.25) is 5.52 Å². The summed E-state index contributed by atoms with van der Waals surface area (Å²) in [6, 6.07) is 8.12. The van der Waals surface area contributed by atoms with Gasteiger partial charge in [0.05, 0.1) is 16.5 Å². The number of hydrogen-bond acceptors (Lipinski definition) is 2. The second-order valence-electron chi connectivity index (χ2n) is 6.82. The molecular formula is C18H18NO2+. The number of benzene rings is 1. The lowest BCUT2D eigenvalue weighted by Crippen LogP contribution is -2.28. The summed E-state index contributed by atoms with van der Waals surface area (Å²) in [5.41, 5.74) is 3.79.